The van der Waals surface area contributed by atoms with Crippen LogP contribution < -0.4 is 10.0 Å². The van der Waals surface area contributed by atoms with Crippen LogP contribution in [0.15, 0.2) is 43.4 Å². The Morgan fingerprint density at radius 1 is 1.37 bits per heavy atom. The zero-order valence-electron chi connectivity index (χ0n) is 20.3. The van der Waals surface area contributed by atoms with Crippen LogP contribution in [0.2, 0.25) is 0 Å². The van der Waals surface area contributed by atoms with Gasteiger partial charge in [-0.05, 0) is 84.5 Å². The lowest BCUT2D eigenvalue weighted by molar-refractivity contribution is 0.0318. The minimum Gasteiger partial charge on any atom is -0.443 e. The number of nitrogens with zero attached hydrogens (tertiary/aromatic N) is 5. The Labute approximate surface area is 229 Å². The van der Waals surface area contributed by atoms with Crippen LogP contribution >= 0.6 is 27.7 Å². The first kappa shape index (κ1) is 28.0. The molecule has 17 heteroatoms. The molecule has 1 aromatic carbocycles. The van der Waals surface area contributed by atoms with Crippen molar-refractivity contribution < 1.29 is 36.6 Å². The maximum atomic E-state index is 13.8. The summed E-state index contributed by atoms with van der Waals surface area (Å²) in [5, 5.41) is 17.2. The number of amidine groups is 1. The van der Waals surface area contributed by atoms with Crippen LogP contribution in [0.4, 0.5) is 14.9 Å². The van der Waals surface area contributed by atoms with Gasteiger partial charge in [-0.1, -0.05) is 5.16 Å². The number of carbonyl (C=O) groups is 1. The molecular formula is C21H22BrFN6O7S2. The lowest BCUT2D eigenvalue weighted by Crippen LogP contribution is -2.51. The van der Waals surface area contributed by atoms with Gasteiger partial charge in [-0.25, -0.2) is 28.6 Å². The van der Waals surface area contributed by atoms with Crippen LogP contribution in [0.3, 0.4) is 0 Å². The molecule has 0 radical (unpaired) electrons. The van der Waals surface area contributed by atoms with E-state index in [1.165, 1.54) is 23.1 Å². The zero-order valence-corrected chi connectivity index (χ0v) is 23.5. The molecule has 0 bridgehead atoms. The number of oxime groups is 1. The second-order valence-electron chi connectivity index (χ2n) is 9.38. The molecule has 1 aromatic heterocycles. The fraction of sp³-hybridized carbons (Fsp3) is 0.429. The summed E-state index contributed by atoms with van der Waals surface area (Å²) in [6, 6.07) is 4.00. The van der Waals surface area contributed by atoms with E-state index in [0.717, 1.165) is 11.8 Å². The molecule has 38 heavy (non-hydrogen) atoms. The number of thioether (sulfide) groups is 1. The zero-order chi connectivity index (χ0) is 27.9. The first-order valence-corrected chi connectivity index (χ1v) is 14.3. The second-order valence-corrected chi connectivity index (χ2v) is 12.7. The molecule has 1 amide bonds. The summed E-state index contributed by atoms with van der Waals surface area (Å²) >= 11 is 4.25. The predicted octanol–water partition coefficient (Wildman–Crippen LogP) is 3.30. The summed E-state index contributed by atoms with van der Waals surface area (Å²) in [6.45, 7) is 4.86. The molecule has 0 spiro atoms. The Kier molecular flexibility index (Phi) is 7.60. The van der Waals surface area contributed by atoms with Gasteiger partial charge in [0.1, 0.15) is 11.4 Å². The van der Waals surface area contributed by atoms with E-state index in [2.05, 4.69) is 31.4 Å². The quantitative estimate of drug-likeness (QED) is 0.334. The summed E-state index contributed by atoms with van der Waals surface area (Å²) in [5.74, 6) is 1.11. The molecule has 2 aliphatic rings. The van der Waals surface area contributed by atoms with Crippen molar-refractivity contribution >= 4 is 61.5 Å². The van der Waals surface area contributed by atoms with E-state index in [9.17, 15) is 22.4 Å². The number of aromatic nitrogens is 2. The monoisotopic (exact) mass is 632 g/mol. The number of halogens is 2. The Bertz CT molecular complexity index is 1450. The molecule has 0 saturated heterocycles. The first-order valence-electron chi connectivity index (χ1n) is 11.0. The largest absolute Gasteiger partial charge is 0.443 e. The molecule has 13 nitrogen and oxygen atoms in total. The van der Waals surface area contributed by atoms with Crippen molar-refractivity contribution in [1.29, 1.82) is 0 Å². The first-order chi connectivity index (χ1) is 17.8. The maximum Gasteiger partial charge on any atom is 0.425 e. The Hall–Kier alpha value is -2.98. The summed E-state index contributed by atoms with van der Waals surface area (Å²) in [5.41, 5.74) is -1.52. The number of hydrogen-bond donors (Lipinski definition) is 1. The molecular weight excluding hydrogens is 611 g/mol. The minimum absolute atomic E-state index is 0.0339. The Morgan fingerprint density at radius 2 is 2.08 bits per heavy atom. The molecule has 4 rings (SSSR count). The minimum atomic E-state index is -4.40. The van der Waals surface area contributed by atoms with E-state index in [0.29, 0.717) is 22.8 Å². The third-order valence-electron chi connectivity index (χ3n) is 5.43. The van der Waals surface area contributed by atoms with Gasteiger partial charge < -0.3 is 9.57 Å². The van der Waals surface area contributed by atoms with Crippen molar-refractivity contribution in [2.45, 2.75) is 56.2 Å². The Morgan fingerprint density at radius 3 is 2.66 bits per heavy atom. The molecule has 1 saturated carbocycles. The van der Waals surface area contributed by atoms with Gasteiger partial charge in [0.25, 0.3) is 0 Å². The van der Waals surface area contributed by atoms with Crippen LogP contribution in [0.25, 0.3) is 0 Å². The van der Waals surface area contributed by atoms with Crippen LogP contribution in [-0.2, 0) is 24.6 Å². The number of ether oxygens (including phenoxy) is 1. The van der Waals surface area contributed by atoms with Gasteiger partial charge in [0.15, 0.2) is 16.7 Å². The molecule has 1 fully saturated rings. The van der Waals surface area contributed by atoms with Crippen molar-refractivity contribution in [2.24, 2.45) is 10.3 Å². The Balaban J connectivity index is 1.52. The van der Waals surface area contributed by atoms with E-state index < -0.39 is 33.3 Å². The standard InChI is InChI=1S/C21H22BrFN6O7S2/c1-20(2,3)34-19(31)29(38(24,32)33)21(6-7-21)8-9-37-18-16(25-36-27-18)17-26-35-15(11-30)28(17)12-4-5-14(23)13(22)10-12/h4-5,10H,6-9H2,1-3H3,(H2,24,32,33). The molecule has 1 aliphatic heterocycles. The van der Waals surface area contributed by atoms with E-state index in [1.807, 2.05) is 0 Å². The number of benzene rings is 1. The van der Waals surface area contributed by atoms with E-state index >= 15 is 0 Å². The van der Waals surface area contributed by atoms with E-state index in [4.69, 9.17) is 19.3 Å². The van der Waals surface area contributed by atoms with Crippen LogP contribution in [0.5, 0.6) is 0 Å². The number of rotatable bonds is 8. The molecule has 204 valence electrons. The summed E-state index contributed by atoms with van der Waals surface area (Å²) in [7, 11) is -4.40. The van der Waals surface area contributed by atoms with Crippen molar-refractivity contribution in [3.8, 4) is 0 Å². The van der Waals surface area contributed by atoms with Crippen molar-refractivity contribution in [3.05, 3.63) is 40.1 Å². The highest BCUT2D eigenvalue weighted by atomic mass is 79.9. The smallest absolute Gasteiger partial charge is 0.425 e. The van der Waals surface area contributed by atoms with Crippen LogP contribution in [0, 0.1) is 5.82 Å². The highest BCUT2D eigenvalue weighted by Crippen LogP contribution is 2.47. The molecule has 1 aliphatic carbocycles. The lowest BCUT2D eigenvalue weighted by atomic mass is 10.2. The number of anilines is 1. The molecule has 2 heterocycles. The molecule has 0 atom stereocenters. The second kappa shape index (κ2) is 10.3. The van der Waals surface area contributed by atoms with E-state index in [1.54, 1.807) is 26.7 Å². The summed E-state index contributed by atoms with van der Waals surface area (Å²) in [6.07, 6.45) is 0.0116. The van der Waals surface area contributed by atoms with Crippen molar-refractivity contribution in [3.63, 3.8) is 0 Å². The van der Waals surface area contributed by atoms with Gasteiger partial charge in [-0.15, -0.1) is 11.8 Å². The predicted molar refractivity (Wildman–Crippen MR) is 136 cm³/mol. The van der Waals surface area contributed by atoms with Gasteiger partial charge >= 0.3 is 22.2 Å². The van der Waals surface area contributed by atoms with Gasteiger partial charge in [0, 0.05) is 5.75 Å². The van der Waals surface area contributed by atoms with Gasteiger partial charge in [0.05, 0.1) is 15.7 Å². The summed E-state index contributed by atoms with van der Waals surface area (Å²) in [4.78, 5) is 30.5. The SMILES string of the molecule is CC(C)(C)OC(=O)N(C1(CCSc2nonc2C2=NOC(=C=O)N2c2ccc(F)c(Br)c2)CC1)S(N)(=O)=O. The fourth-order valence-electron chi connectivity index (χ4n) is 3.66. The average Bonchev–Trinajstić information content (AvgIpc) is 3.22. The third-order valence-corrected chi connectivity index (χ3v) is 8.03. The number of amides is 1. The van der Waals surface area contributed by atoms with Gasteiger partial charge in [-0.3, -0.25) is 0 Å². The van der Waals surface area contributed by atoms with E-state index in [-0.39, 0.29) is 39.1 Å². The van der Waals surface area contributed by atoms with Crippen molar-refractivity contribution in [2.75, 3.05) is 10.7 Å². The van der Waals surface area contributed by atoms with Gasteiger partial charge in [-0.2, -0.15) is 12.7 Å². The third kappa shape index (κ3) is 5.86. The maximum absolute atomic E-state index is 13.8. The highest BCUT2D eigenvalue weighted by molar-refractivity contribution is 9.10. The van der Waals surface area contributed by atoms with Crippen LogP contribution in [0.1, 0.15) is 45.7 Å². The van der Waals surface area contributed by atoms with Crippen LogP contribution in [-0.4, -0.2) is 57.8 Å². The highest BCUT2D eigenvalue weighted by Gasteiger charge is 2.55. The normalized spacial score (nSPS) is 16.5. The average molecular weight is 633 g/mol. The lowest BCUT2D eigenvalue weighted by Gasteiger charge is -2.31. The molecule has 0 unspecified atom stereocenters. The number of hydrogen-bond acceptors (Lipinski definition) is 12. The summed E-state index contributed by atoms with van der Waals surface area (Å²) < 4.78 is 49.3. The van der Waals surface area contributed by atoms with Gasteiger partial charge in [0.2, 0.25) is 5.84 Å². The fourth-order valence-corrected chi connectivity index (χ4v) is 6.11. The molecule has 2 N–H and O–H groups in total. The topological polar surface area (TPSA) is 171 Å². The number of nitrogens with two attached hydrogens (primary N) is 1. The number of carbonyl (C=O) groups excluding carboxylic acids is 2. The van der Waals surface area contributed by atoms with Crippen molar-refractivity contribution in [1.82, 2.24) is 14.6 Å². The molecule has 2 aromatic rings.